The van der Waals surface area contributed by atoms with Gasteiger partial charge in [0, 0.05) is 10.5 Å². The molecule has 2 rings (SSSR count). The summed E-state index contributed by atoms with van der Waals surface area (Å²) in [6.07, 6.45) is 2.55. The summed E-state index contributed by atoms with van der Waals surface area (Å²) in [4.78, 5) is 2.37. The summed E-state index contributed by atoms with van der Waals surface area (Å²) in [5.74, 6) is 0.949. The van der Waals surface area contributed by atoms with Gasteiger partial charge < -0.3 is 9.64 Å². The minimum atomic E-state index is 0.587. The molecule has 1 aromatic carbocycles. The van der Waals surface area contributed by atoms with Crippen molar-refractivity contribution in [3.63, 3.8) is 0 Å². The molecular weight excluding hydrogens is 254 g/mol. The predicted octanol–water partition coefficient (Wildman–Crippen LogP) is 2.92. The van der Waals surface area contributed by atoms with Crippen LogP contribution in [0.1, 0.15) is 12.8 Å². The maximum Gasteiger partial charge on any atom is 0.120 e. The summed E-state index contributed by atoms with van der Waals surface area (Å²) in [7, 11) is 2.17. The number of likely N-dealkylation sites (N-methyl/N-ethyl adjacent to an activating group) is 1. The first-order valence-corrected chi connectivity index (χ1v) is 6.13. The van der Waals surface area contributed by atoms with E-state index in [9.17, 15) is 0 Å². The smallest absolute Gasteiger partial charge is 0.120 e. The lowest BCUT2D eigenvalue weighted by Crippen LogP contribution is -2.30. The molecule has 1 heterocycles. The maximum atomic E-state index is 5.77. The van der Waals surface area contributed by atoms with Crippen LogP contribution < -0.4 is 4.74 Å². The highest BCUT2D eigenvalue weighted by atomic mass is 79.9. The predicted molar refractivity (Wildman–Crippen MR) is 65.3 cm³/mol. The van der Waals surface area contributed by atoms with Crippen LogP contribution in [0.4, 0.5) is 0 Å². The third-order valence-electron chi connectivity index (χ3n) is 2.91. The molecule has 82 valence electrons. The van der Waals surface area contributed by atoms with E-state index in [0.29, 0.717) is 6.04 Å². The molecule has 0 aromatic heterocycles. The molecule has 0 bridgehead atoms. The second-order valence-corrected chi connectivity index (χ2v) is 4.96. The van der Waals surface area contributed by atoms with Gasteiger partial charge in [0.1, 0.15) is 12.4 Å². The van der Waals surface area contributed by atoms with Crippen molar-refractivity contribution in [2.45, 2.75) is 18.9 Å². The number of ether oxygens (including phenoxy) is 1. The monoisotopic (exact) mass is 269 g/mol. The molecule has 1 aliphatic rings. The average molecular weight is 270 g/mol. The van der Waals surface area contributed by atoms with Gasteiger partial charge in [0.2, 0.25) is 0 Å². The Morgan fingerprint density at radius 1 is 1.53 bits per heavy atom. The van der Waals surface area contributed by atoms with E-state index in [4.69, 9.17) is 4.74 Å². The van der Waals surface area contributed by atoms with Gasteiger partial charge in [-0.25, -0.2) is 0 Å². The van der Waals surface area contributed by atoms with Gasteiger partial charge in [0.05, 0.1) is 0 Å². The van der Waals surface area contributed by atoms with E-state index in [1.165, 1.54) is 19.4 Å². The lowest BCUT2D eigenvalue weighted by Gasteiger charge is -2.19. The number of hydrogen-bond acceptors (Lipinski definition) is 2. The van der Waals surface area contributed by atoms with Crippen molar-refractivity contribution in [1.82, 2.24) is 4.90 Å². The van der Waals surface area contributed by atoms with Gasteiger partial charge in [-0.15, -0.1) is 0 Å². The van der Waals surface area contributed by atoms with Gasteiger partial charge >= 0.3 is 0 Å². The second-order valence-electron chi connectivity index (χ2n) is 4.05. The number of rotatable bonds is 3. The zero-order chi connectivity index (χ0) is 10.7. The standard InChI is InChI=1S/C12H16BrNO/c1-14-7-3-5-11(14)9-15-12-6-2-4-10(13)8-12/h2,4,6,8,11H,3,5,7,9H2,1H3. The molecule has 0 N–H and O–H groups in total. The summed E-state index contributed by atoms with van der Waals surface area (Å²) in [6, 6.07) is 8.60. The zero-order valence-corrected chi connectivity index (χ0v) is 10.5. The molecule has 1 fully saturated rings. The molecule has 1 unspecified atom stereocenters. The van der Waals surface area contributed by atoms with Gasteiger partial charge in [0.15, 0.2) is 0 Å². The minimum Gasteiger partial charge on any atom is -0.492 e. The highest BCUT2D eigenvalue weighted by Gasteiger charge is 2.21. The molecule has 0 spiro atoms. The van der Waals surface area contributed by atoms with Crippen molar-refractivity contribution in [2.75, 3.05) is 20.2 Å². The van der Waals surface area contributed by atoms with Crippen LogP contribution in [0.5, 0.6) is 5.75 Å². The van der Waals surface area contributed by atoms with E-state index >= 15 is 0 Å². The number of likely N-dealkylation sites (tertiary alicyclic amines) is 1. The quantitative estimate of drug-likeness (QED) is 0.837. The Morgan fingerprint density at radius 3 is 3.07 bits per heavy atom. The summed E-state index contributed by atoms with van der Waals surface area (Å²) >= 11 is 3.44. The zero-order valence-electron chi connectivity index (χ0n) is 8.95. The summed E-state index contributed by atoms with van der Waals surface area (Å²) in [5.41, 5.74) is 0. The molecular formula is C12H16BrNO. The molecule has 1 saturated heterocycles. The Morgan fingerprint density at radius 2 is 2.40 bits per heavy atom. The molecule has 1 aliphatic heterocycles. The molecule has 3 heteroatoms. The maximum absolute atomic E-state index is 5.77. The van der Waals surface area contributed by atoms with Crippen molar-refractivity contribution < 1.29 is 4.74 Å². The molecule has 0 aliphatic carbocycles. The fourth-order valence-electron chi connectivity index (χ4n) is 1.94. The van der Waals surface area contributed by atoms with Crippen molar-refractivity contribution in [3.05, 3.63) is 28.7 Å². The van der Waals surface area contributed by atoms with Crippen LogP contribution in [0, 0.1) is 0 Å². The van der Waals surface area contributed by atoms with Crippen LogP contribution in [-0.4, -0.2) is 31.1 Å². The Kier molecular flexibility index (Phi) is 3.65. The first-order chi connectivity index (χ1) is 7.25. The van der Waals surface area contributed by atoms with Crippen molar-refractivity contribution in [2.24, 2.45) is 0 Å². The second kappa shape index (κ2) is 4.99. The van der Waals surface area contributed by atoms with E-state index in [1.807, 2.05) is 24.3 Å². The largest absolute Gasteiger partial charge is 0.492 e. The average Bonchev–Trinajstić information content (AvgIpc) is 2.61. The lowest BCUT2D eigenvalue weighted by molar-refractivity contribution is 0.198. The van der Waals surface area contributed by atoms with Crippen molar-refractivity contribution in [1.29, 1.82) is 0 Å². The Labute approximate surface area is 99.4 Å². The molecule has 15 heavy (non-hydrogen) atoms. The highest BCUT2D eigenvalue weighted by molar-refractivity contribution is 9.10. The normalized spacial score (nSPS) is 21.9. The van der Waals surface area contributed by atoms with Gasteiger partial charge in [-0.2, -0.15) is 0 Å². The van der Waals surface area contributed by atoms with Crippen LogP contribution in [-0.2, 0) is 0 Å². The third kappa shape index (κ3) is 2.95. The first kappa shape index (κ1) is 11.0. The van der Waals surface area contributed by atoms with Crippen LogP contribution in [0.25, 0.3) is 0 Å². The molecule has 1 atom stereocenters. The Bertz CT molecular complexity index is 329. The van der Waals surface area contributed by atoms with Crippen molar-refractivity contribution in [3.8, 4) is 5.75 Å². The minimum absolute atomic E-state index is 0.587. The van der Waals surface area contributed by atoms with Crippen LogP contribution in [0.15, 0.2) is 28.7 Å². The van der Waals surface area contributed by atoms with Crippen molar-refractivity contribution >= 4 is 15.9 Å². The van der Waals surface area contributed by atoms with Gasteiger partial charge in [-0.1, -0.05) is 22.0 Å². The van der Waals surface area contributed by atoms with Crippen LogP contribution >= 0.6 is 15.9 Å². The summed E-state index contributed by atoms with van der Waals surface area (Å²) in [5, 5.41) is 0. The topological polar surface area (TPSA) is 12.5 Å². The van der Waals surface area contributed by atoms with Gasteiger partial charge in [-0.05, 0) is 44.6 Å². The fourth-order valence-corrected chi connectivity index (χ4v) is 2.32. The van der Waals surface area contributed by atoms with Gasteiger partial charge in [0.25, 0.3) is 0 Å². The fraction of sp³-hybridized carbons (Fsp3) is 0.500. The molecule has 0 saturated carbocycles. The number of hydrogen-bond donors (Lipinski definition) is 0. The number of halogens is 1. The summed E-state index contributed by atoms with van der Waals surface area (Å²) < 4.78 is 6.84. The van der Waals surface area contributed by atoms with Gasteiger partial charge in [-0.3, -0.25) is 0 Å². The van der Waals surface area contributed by atoms with Crippen LogP contribution in [0.2, 0.25) is 0 Å². The molecule has 0 amide bonds. The SMILES string of the molecule is CN1CCCC1COc1cccc(Br)c1. The van der Waals surface area contributed by atoms with E-state index < -0.39 is 0 Å². The van der Waals surface area contributed by atoms with E-state index in [0.717, 1.165) is 16.8 Å². The van der Waals surface area contributed by atoms with E-state index in [2.05, 4.69) is 27.9 Å². The number of benzene rings is 1. The Balaban J connectivity index is 1.87. The van der Waals surface area contributed by atoms with E-state index in [-0.39, 0.29) is 0 Å². The van der Waals surface area contributed by atoms with E-state index in [1.54, 1.807) is 0 Å². The number of nitrogens with zero attached hydrogens (tertiary/aromatic N) is 1. The summed E-state index contributed by atoms with van der Waals surface area (Å²) in [6.45, 7) is 2.00. The molecule has 0 radical (unpaired) electrons. The first-order valence-electron chi connectivity index (χ1n) is 5.34. The highest BCUT2D eigenvalue weighted by Crippen LogP contribution is 2.20. The third-order valence-corrected chi connectivity index (χ3v) is 3.40. The lowest BCUT2D eigenvalue weighted by atomic mass is 10.2. The Hall–Kier alpha value is -0.540. The molecule has 2 nitrogen and oxygen atoms in total. The molecule has 1 aromatic rings. The van der Waals surface area contributed by atoms with Crippen LogP contribution in [0.3, 0.4) is 0 Å².